The summed E-state index contributed by atoms with van der Waals surface area (Å²) in [4.78, 5) is 7.10. The van der Waals surface area contributed by atoms with Crippen molar-refractivity contribution in [2.24, 2.45) is 5.73 Å². The molecule has 2 N–H and O–H groups in total. The molecule has 1 aliphatic heterocycles. The van der Waals surface area contributed by atoms with Crippen molar-refractivity contribution in [3.05, 3.63) is 29.7 Å². The van der Waals surface area contributed by atoms with E-state index < -0.39 is 0 Å². The summed E-state index contributed by atoms with van der Waals surface area (Å²) in [7, 11) is 0. The number of nitrogens with zero attached hydrogens (tertiary/aromatic N) is 4. The zero-order chi connectivity index (χ0) is 12.5. The molecule has 0 spiro atoms. The number of aromatic nitrogens is 3. The molecule has 1 aliphatic rings. The molecule has 1 saturated heterocycles. The lowest BCUT2D eigenvalue weighted by atomic mass is 10.2. The Labute approximate surface area is 107 Å². The number of hydrogen-bond acceptors (Lipinski definition) is 4. The minimum absolute atomic E-state index is 0.385. The lowest BCUT2D eigenvalue weighted by molar-refractivity contribution is 0.262. The van der Waals surface area contributed by atoms with Crippen molar-refractivity contribution in [3.8, 4) is 0 Å². The van der Waals surface area contributed by atoms with E-state index in [0.29, 0.717) is 12.6 Å². The van der Waals surface area contributed by atoms with Gasteiger partial charge >= 0.3 is 0 Å². The lowest BCUT2D eigenvalue weighted by Crippen LogP contribution is -2.23. The normalized spacial score (nSPS) is 20.9. The van der Waals surface area contributed by atoms with Gasteiger partial charge in [-0.15, -0.1) is 5.10 Å². The van der Waals surface area contributed by atoms with E-state index in [-0.39, 0.29) is 0 Å². The van der Waals surface area contributed by atoms with Crippen LogP contribution in [0.1, 0.15) is 37.2 Å². The van der Waals surface area contributed by atoms with Gasteiger partial charge in [0.2, 0.25) is 0 Å². The Bertz CT molecular complexity index is 547. The quantitative estimate of drug-likeness (QED) is 0.886. The third kappa shape index (κ3) is 1.89. The van der Waals surface area contributed by atoms with Gasteiger partial charge in [-0.3, -0.25) is 4.90 Å². The Morgan fingerprint density at radius 1 is 1.50 bits per heavy atom. The number of pyridine rings is 1. The van der Waals surface area contributed by atoms with Gasteiger partial charge in [0.05, 0.1) is 6.04 Å². The Balaban J connectivity index is 1.97. The highest BCUT2D eigenvalue weighted by molar-refractivity contribution is 5.40. The standard InChI is InChI=1S/C13H19N5/c1-2-17-6-3-4-11(17)13-15-12-8-10(9-14)5-7-18(12)16-13/h5,7-8,11H,2-4,6,9,14H2,1H3. The van der Waals surface area contributed by atoms with Crippen molar-refractivity contribution in [3.63, 3.8) is 0 Å². The monoisotopic (exact) mass is 245 g/mol. The highest BCUT2D eigenvalue weighted by Crippen LogP contribution is 2.29. The number of rotatable bonds is 3. The van der Waals surface area contributed by atoms with Crippen LogP contribution >= 0.6 is 0 Å². The second-order valence-electron chi connectivity index (χ2n) is 4.80. The highest BCUT2D eigenvalue weighted by atomic mass is 15.3. The van der Waals surface area contributed by atoms with Crippen molar-refractivity contribution in [1.82, 2.24) is 19.5 Å². The molecule has 96 valence electrons. The summed E-state index contributed by atoms with van der Waals surface area (Å²) in [6.45, 7) is 4.96. The van der Waals surface area contributed by atoms with E-state index in [4.69, 9.17) is 5.73 Å². The third-order valence-corrected chi connectivity index (χ3v) is 3.72. The van der Waals surface area contributed by atoms with Crippen LogP contribution in [0.3, 0.4) is 0 Å². The van der Waals surface area contributed by atoms with Crippen LogP contribution in [0.4, 0.5) is 0 Å². The molecule has 0 saturated carbocycles. The molecule has 2 aromatic rings. The van der Waals surface area contributed by atoms with Gasteiger partial charge in [-0.05, 0) is 43.6 Å². The van der Waals surface area contributed by atoms with Crippen molar-refractivity contribution in [2.45, 2.75) is 32.4 Å². The molecular formula is C13H19N5. The second-order valence-corrected chi connectivity index (χ2v) is 4.80. The average Bonchev–Trinajstić information content (AvgIpc) is 3.03. The molecule has 5 nitrogen and oxygen atoms in total. The smallest absolute Gasteiger partial charge is 0.168 e. The van der Waals surface area contributed by atoms with Gasteiger partial charge in [-0.1, -0.05) is 6.92 Å². The predicted octanol–water partition coefficient (Wildman–Crippen LogP) is 1.34. The van der Waals surface area contributed by atoms with Gasteiger partial charge in [-0.2, -0.15) is 0 Å². The summed E-state index contributed by atoms with van der Waals surface area (Å²) in [5, 5.41) is 4.59. The first-order valence-corrected chi connectivity index (χ1v) is 6.61. The lowest BCUT2D eigenvalue weighted by Gasteiger charge is -2.19. The molecule has 0 radical (unpaired) electrons. The van der Waals surface area contributed by atoms with E-state index >= 15 is 0 Å². The SMILES string of the molecule is CCN1CCCC1c1nc2cc(CN)ccn2n1. The first kappa shape index (κ1) is 11.6. The number of fused-ring (bicyclic) bond motifs is 1. The highest BCUT2D eigenvalue weighted by Gasteiger charge is 2.27. The summed E-state index contributed by atoms with van der Waals surface area (Å²) < 4.78 is 1.85. The predicted molar refractivity (Wildman–Crippen MR) is 70.1 cm³/mol. The van der Waals surface area contributed by atoms with Crippen LogP contribution in [0, 0.1) is 0 Å². The summed E-state index contributed by atoms with van der Waals surface area (Å²) >= 11 is 0. The first-order chi connectivity index (χ1) is 8.81. The summed E-state index contributed by atoms with van der Waals surface area (Å²) in [5.74, 6) is 0.948. The maximum atomic E-state index is 5.65. The maximum absolute atomic E-state index is 5.65. The fourth-order valence-electron chi connectivity index (χ4n) is 2.71. The van der Waals surface area contributed by atoms with Crippen molar-refractivity contribution in [1.29, 1.82) is 0 Å². The van der Waals surface area contributed by atoms with Gasteiger partial charge in [-0.25, -0.2) is 9.50 Å². The van der Waals surface area contributed by atoms with E-state index in [0.717, 1.165) is 36.5 Å². The van der Waals surface area contributed by atoms with Crippen LogP contribution < -0.4 is 5.73 Å². The van der Waals surface area contributed by atoms with Crippen molar-refractivity contribution in [2.75, 3.05) is 13.1 Å². The molecule has 5 heteroatoms. The largest absolute Gasteiger partial charge is 0.326 e. The second kappa shape index (κ2) is 4.66. The summed E-state index contributed by atoms with van der Waals surface area (Å²) in [6, 6.07) is 4.40. The molecular weight excluding hydrogens is 226 g/mol. The van der Waals surface area contributed by atoms with Gasteiger partial charge in [0.15, 0.2) is 11.5 Å². The topological polar surface area (TPSA) is 59.5 Å². The van der Waals surface area contributed by atoms with Crippen LogP contribution in [0.15, 0.2) is 18.3 Å². The molecule has 1 fully saturated rings. The van der Waals surface area contributed by atoms with E-state index in [2.05, 4.69) is 21.9 Å². The molecule has 1 unspecified atom stereocenters. The third-order valence-electron chi connectivity index (χ3n) is 3.72. The number of nitrogens with two attached hydrogens (primary N) is 1. The van der Waals surface area contributed by atoms with E-state index in [1.807, 2.05) is 22.8 Å². The molecule has 0 aromatic carbocycles. The van der Waals surface area contributed by atoms with Crippen LogP contribution in [-0.4, -0.2) is 32.6 Å². The van der Waals surface area contributed by atoms with Gasteiger partial charge in [0.25, 0.3) is 0 Å². The minimum Gasteiger partial charge on any atom is -0.326 e. The zero-order valence-electron chi connectivity index (χ0n) is 10.7. The van der Waals surface area contributed by atoms with E-state index in [1.165, 1.54) is 6.42 Å². The minimum atomic E-state index is 0.385. The van der Waals surface area contributed by atoms with Crippen LogP contribution in [0.2, 0.25) is 0 Å². The van der Waals surface area contributed by atoms with Crippen molar-refractivity contribution < 1.29 is 0 Å². The Hall–Kier alpha value is -1.46. The fraction of sp³-hybridized carbons (Fsp3) is 0.538. The average molecular weight is 245 g/mol. The maximum Gasteiger partial charge on any atom is 0.168 e. The molecule has 2 aromatic heterocycles. The molecule has 0 bridgehead atoms. The Kier molecular flexibility index (Phi) is 3.01. The summed E-state index contributed by atoms with van der Waals surface area (Å²) in [6.07, 6.45) is 4.34. The Morgan fingerprint density at radius 2 is 2.39 bits per heavy atom. The van der Waals surface area contributed by atoms with E-state index in [9.17, 15) is 0 Å². The zero-order valence-corrected chi connectivity index (χ0v) is 10.7. The fourth-order valence-corrected chi connectivity index (χ4v) is 2.71. The molecule has 0 amide bonds. The summed E-state index contributed by atoms with van der Waals surface area (Å²) in [5.41, 5.74) is 7.64. The van der Waals surface area contributed by atoms with E-state index in [1.54, 1.807) is 0 Å². The molecule has 18 heavy (non-hydrogen) atoms. The van der Waals surface area contributed by atoms with Crippen molar-refractivity contribution >= 4 is 5.65 Å². The van der Waals surface area contributed by atoms with Crippen LogP contribution in [0.5, 0.6) is 0 Å². The molecule has 3 heterocycles. The van der Waals surface area contributed by atoms with Gasteiger partial charge in [0.1, 0.15) is 0 Å². The Morgan fingerprint density at radius 3 is 3.17 bits per heavy atom. The van der Waals surface area contributed by atoms with Gasteiger partial charge < -0.3 is 5.73 Å². The molecule has 1 atom stereocenters. The first-order valence-electron chi connectivity index (χ1n) is 6.61. The molecule has 0 aliphatic carbocycles. The van der Waals surface area contributed by atoms with Gasteiger partial charge in [0, 0.05) is 12.7 Å². The number of likely N-dealkylation sites (tertiary alicyclic amines) is 1. The molecule has 3 rings (SSSR count). The van der Waals surface area contributed by atoms with Crippen LogP contribution in [0.25, 0.3) is 5.65 Å². The number of hydrogen-bond donors (Lipinski definition) is 1. The van der Waals surface area contributed by atoms with Crippen LogP contribution in [-0.2, 0) is 6.54 Å².